The smallest absolute Gasteiger partial charge is 0.251 e. The number of nitrogens with one attached hydrogen (secondary N) is 3. The maximum absolute atomic E-state index is 12.4. The third-order valence-electron chi connectivity index (χ3n) is 4.88. The first-order chi connectivity index (χ1) is 14.6. The molecule has 0 aliphatic heterocycles. The van der Waals surface area contributed by atoms with Crippen molar-refractivity contribution in [3.05, 3.63) is 95.1 Å². The van der Waals surface area contributed by atoms with Gasteiger partial charge in [0.2, 0.25) is 5.91 Å². The SMILES string of the molecule is CCc1cccc(C)c1NC(=O)CNc1cccc(C(=O)NCc2ccccc2)c1. The highest BCUT2D eigenvalue weighted by molar-refractivity contribution is 5.96. The minimum Gasteiger partial charge on any atom is -0.376 e. The van der Waals surface area contributed by atoms with E-state index in [1.165, 1.54) is 0 Å². The second kappa shape index (κ2) is 10.3. The Bertz CT molecular complexity index is 1020. The van der Waals surface area contributed by atoms with E-state index < -0.39 is 0 Å². The van der Waals surface area contributed by atoms with Gasteiger partial charge in [-0.05, 0) is 48.2 Å². The molecule has 0 aromatic heterocycles. The van der Waals surface area contributed by atoms with Crippen LogP contribution in [0.15, 0.2) is 72.8 Å². The van der Waals surface area contributed by atoms with Gasteiger partial charge in [0.15, 0.2) is 0 Å². The van der Waals surface area contributed by atoms with Gasteiger partial charge in [0.1, 0.15) is 0 Å². The number of carbonyl (C=O) groups is 2. The molecule has 5 heteroatoms. The van der Waals surface area contributed by atoms with Crippen LogP contribution in [0.25, 0.3) is 0 Å². The van der Waals surface area contributed by atoms with Gasteiger partial charge in [-0.1, -0.05) is 61.5 Å². The van der Waals surface area contributed by atoms with E-state index in [2.05, 4.69) is 22.9 Å². The molecule has 0 spiro atoms. The zero-order valence-electron chi connectivity index (χ0n) is 17.4. The second-order valence-corrected chi connectivity index (χ2v) is 7.11. The van der Waals surface area contributed by atoms with Crippen molar-refractivity contribution in [2.75, 3.05) is 17.2 Å². The number of rotatable bonds is 8. The van der Waals surface area contributed by atoms with Crippen molar-refractivity contribution in [3.63, 3.8) is 0 Å². The summed E-state index contributed by atoms with van der Waals surface area (Å²) in [5.41, 5.74) is 5.34. The molecule has 0 radical (unpaired) electrons. The largest absolute Gasteiger partial charge is 0.376 e. The highest BCUT2D eigenvalue weighted by atomic mass is 16.2. The summed E-state index contributed by atoms with van der Waals surface area (Å²) < 4.78 is 0. The van der Waals surface area contributed by atoms with Gasteiger partial charge >= 0.3 is 0 Å². The number of anilines is 2. The van der Waals surface area contributed by atoms with Crippen molar-refractivity contribution in [1.29, 1.82) is 0 Å². The summed E-state index contributed by atoms with van der Waals surface area (Å²) in [6, 6.07) is 22.9. The molecule has 0 saturated heterocycles. The van der Waals surface area contributed by atoms with Crippen LogP contribution in [0.1, 0.15) is 34.0 Å². The molecule has 3 aromatic rings. The van der Waals surface area contributed by atoms with E-state index in [0.717, 1.165) is 34.5 Å². The van der Waals surface area contributed by atoms with Gasteiger partial charge in [-0.15, -0.1) is 0 Å². The maximum atomic E-state index is 12.4. The number of hydrogen-bond acceptors (Lipinski definition) is 3. The third-order valence-corrected chi connectivity index (χ3v) is 4.88. The number of amides is 2. The molecule has 30 heavy (non-hydrogen) atoms. The first kappa shape index (κ1) is 21.1. The van der Waals surface area contributed by atoms with Crippen molar-refractivity contribution in [2.45, 2.75) is 26.8 Å². The fraction of sp³-hybridized carbons (Fsp3) is 0.200. The molecule has 0 fully saturated rings. The second-order valence-electron chi connectivity index (χ2n) is 7.11. The van der Waals surface area contributed by atoms with Gasteiger partial charge in [0.05, 0.1) is 6.54 Å². The highest BCUT2D eigenvalue weighted by Gasteiger charge is 2.10. The van der Waals surface area contributed by atoms with Crippen LogP contribution in [0.3, 0.4) is 0 Å². The Kier molecular flexibility index (Phi) is 7.22. The van der Waals surface area contributed by atoms with Crippen LogP contribution >= 0.6 is 0 Å². The molecular weight excluding hydrogens is 374 g/mol. The summed E-state index contributed by atoms with van der Waals surface area (Å²) in [6.45, 7) is 4.64. The van der Waals surface area contributed by atoms with Gasteiger partial charge in [-0.3, -0.25) is 9.59 Å². The lowest BCUT2D eigenvalue weighted by Gasteiger charge is -2.14. The van der Waals surface area contributed by atoms with Gasteiger partial charge in [0, 0.05) is 23.5 Å². The van der Waals surface area contributed by atoms with Crippen LogP contribution in [0.4, 0.5) is 11.4 Å². The molecule has 154 valence electrons. The van der Waals surface area contributed by atoms with Crippen LogP contribution in [-0.4, -0.2) is 18.4 Å². The first-order valence-electron chi connectivity index (χ1n) is 10.1. The average molecular weight is 402 g/mol. The fourth-order valence-electron chi connectivity index (χ4n) is 3.22. The molecule has 3 rings (SSSR count). The zero-order chi connectivity index (χ0) is 21.3. The van der Waals surface area contributed by atoms with Gasteiger partial charge in [0.25, 0.3) is 5.91 Å². The summed E-state index contributed by atoms with van der Waals surface area (Å²) in [5, 5.41) is 9.01. The fourth-order valence-corrected chi connectivity index (χ4v) is 3.22. The standard InChI is InChI=1S/C25H27N3O2/c1-3-20-12-7-9-18(2)24(20)28-23(29)17-26-22-14-8-13-21(15-22)25(30)27-16-19-10-5-4-6-11-19/h4-15,26H,3,16-17H2,1-2H3,(H,27,30)(H,28,29). The van der Waals surface area contributed by atoms with Crippen LogP contribution < -0.4 is 16.0 Å². The summed E-state index contributed by atoms with van der Waals surface area (Å²) in [5.74, 6) is -0.280. The number of hydrogen-bond donors (Lipinski definition) is 3. The lowest BCUT2D eigenvalue weighted by molar-refractivity contribution is -0.114. The Morgan fingerprint density at radius 3 is 2.43 bits per heavy atom. The molecule has 3 N–H and O–H groups in total. The molecule has 0 unspecified atom stereocenters. The van der Waals surface area contributed by atoms with E-state index in [1.54, 1.807) is 18.2 Å². The van der Waals surface area contributed by atoms with Crippen LogP contribution in [0.2, 0.25) is 0 Å². The molecule has 0 heterocycles. The van der Waals surface area contributed by atoms with E-state index in [1.807, 2.05) is 61.5 Å². The van der Waals surface area contributed by atoms with E-state index in [4.69, 9.17) is 0 Å². The van der Waals surface area contributed by atoms with E-state index in [0.29, 0.717) is 12.1 Å². The van der Waals surface area contributed by atoms with E-state index in [-0.39, 0.29) is 18.4 Å². The molecule has 0 aliphatic rings. The average Bonchev–Trinajstić information content (AvgIpc) is 2.78. The van der Waals surface area contributed by atoms with Crippen molar-refractivity contribution in [1.82, 2.24) is 5.32 Å². The molecule has 0 bridgehead atoms. The number of benzene rings is 3. The molecular formula is C25H27N3O2. The first-order valence-corrected chi connectivity index (χ1v) is 10.1. The topological polar surface area (TPSA) is 70.2 Å². The number of carbonyl (C=O) groups excluding carboxylic acids is 2. The molecule has 0 aliphatic carbocycles. The monoisotopic (exact) mass is 401 g/mol. The zero-order valence-corrected chi connectivity index (χ0v) is 17.4. The van der Waals surface area contributed by atoms with Crippen LogP contribution in [0.5, 0.6) is 0 Å². The Morgan fingerprint density at radius 2 is 1.67 bits per heavy atom. The molecule has 5 nitrogen and oxygen atoms in total. The lowest BCUT2D eigenvalue weighted by Crippen LogP contribution is -2.24. The van der Waals surface area contributed by atoms with Gasteiger partial charge in [-0.25, -0.2) is 0 Å². The molecule has 0 atom stereocenters. The lowest BCUT2D eigenvalue weighted by atomic mass is 10.1. The highest BCUT2D eigenvalue weighted by Crippen LogP contribution is 2.21. The van der Waals surface area contributed by atoms with Crippen LogP contribution in [-0.2, 0) is 17.8 Å². The molecule has 0 saturated carbocycles. The normalized spacial score (nSPS) is 10.3. The van der Waals surface area contributed by atoms with Crippen LogP contribution in [0, 0.1) is 6.92 Å². The van der Waals surface area contributed by atoms with E-state index >= 15 is 0 Å². The third kappa shape index (κ3) is 5.70. The Labute approximate surface area is 177 Å². The maximum Gasteiger partial charge on any atom is 0.251 e. The van der Waals surface area contributed by atoms with Crippen molar-refractivity contribution in [2.24, 2.45) is 0 Å². The predicted molar refractivity (Wildman–Crippen MR) is 122 cm³/mol. The van der Waals surface area contributed by atoms with Gasteiger partial charge in [-0.2, -0.15) is 0 Å². The quantitative estimate of drug-likeness (QED) is 0.519. The van der Waals surface area contributed by atoms with E-state index in [9.17, 15) is 9.59 Å². The summed E-state index contributed by atoms with van der Waals surface area (Å²) in [6.07, 6.45) is 0.852. The van der Waals surface area contributed by atoms with Crippen molar-refractivity contribution in [3.8, 4) is 0 Å². The van der Waals surface area contributed by atoms with Crippen molar-refractivity contribution < 1.29 is 9.59 Å². The number of para-hydroxylation sites is 1. The Balaban J connectivity index is 1.56. The minimum atomic E-state index is -0.153. The molecule has 3 aromatic carbocycles. The summed E-state index contributed by atoms with van der Waals surface area (Å²) in [7, 11) is 0. The molecule has 2 amide bonds. The number of aryl methyl sites for hydroxylation is 2. The summed E-state index contributed by atoms with van der Waals surface area (Å²) in [4.78, 5) is 24.9. The van der Waals surface area contributed by atoms with Crippen molar-refractivity contribution >= 4 is 23.2 Å². The predicted octanol–water partition coefficient (Wildman–Crippen LogP) is 4.54. The Morgan fingerprint density at radius 1 is 0.900 bits per heavy atom. The minimum absolute atomic E-state index is 0.118. The summed E-state index contributed by atoms with van der Waals surface area (Å²) >= 11 is 0. The Hall–Kier alpha value is -3.60. The van der Waals surface area contributed by atoms with Gasteiger partial charge < -0.3 is 16.0 Å².